The van der Waals surface area contributed by atoms with E-state index in [9.17, 15) is 18.3 Å². The molecule has 1 saturated heterocycles. The van der Waals surface area contributed by atoms with Crippen LogP contribution < -0.4 is 0 Å². The molecule has 0 unspecified atom stereocenters. The van der Waals surface area contributed by atoms with Gasteiger partial charge in [0, 0.05) is 23.2 Å². The van der Waals surface area contributed by atoms with Crippen LogP contribution in [0.25, 0.3) is 31.6 Å². The average Bonchev–Trinajstić information content (AvgIpc) is 3.03. The number of aromatic nitrogens is 1. The van der Waals surface area contributed by atoms with Crippen molar-refractivity contribution in [2.24, 2.45) is 0 Å². The molecule has 0 amide bonds. The van der Waals surface area contributed by atoms with E-state index in [1.54, 1.807) is 17.4 Å². The number of carboxylic acids is 1. The summed E-state index contributed by atoms with van der Waals surface area (Å²) in [6.45, 7) is 0.991. The Bertz CT molecular complexity index is 1400. The summed E-state index contributed by atoms with van der Waals surface area (Å²) in [6, 6.07) is 16.1. The van der Waals surface area contributed by atoms with Gasteiger partial charge in [-0.15, -0.1) is 11.3 Å². The van der Waals surface area contributed by atoms with Gasteiger partial charge in [-0.3, -0.25) is 0 Å². The van der Waals surface area contributed by atoms with E-state index >= 15 is 0 Å². The number of pyridine rings is 1. The Kier molecular flexibility index (Phi) is 5.44. The zero-order valence-electron chi connectivity index (χ0n) is 17.3. The number of rotatable bonds is 4. The van der Waals surface area contributed by atoms with Crippen LogP contribution in [0.4, 0.5) is 0 Å². The fourth-order valence-electron chi connectivity index (χ4n) is 4.21. The van der Waals surface area contributed by atoms with Crippen LogP contribution in [-0.2, 0) is 10.0 Å². The van der Waals surface area contributed by atoms with Gasteiger partial charge >= 0.3 is 5.97 Å². The minimum Gasteiger partial charge on any atom is -0.478 e. The molecule has 4 aromatic rings. The molecule has 0 saturated carbocycles. The molecule has 1 aliphatic rings. The molecular weight excluding hydrogens is 444 g/mol. The highest BCUT2D eigenvalue weighted by Gasteiger charge is 2.26. The average molecular weight is 467 g/mol. The number of thiophene rings is 1. The van der Waals surface area contributed by atoms with Gasteiger partial charge in [0.2, 0.25) is 10.0 Å². The quantitative estimate of drug-likeness (QED) is 0.436. The Morgan fingerprint density at radius 2 is 1.72 bits per heavy atom. The first-order valence-corrected chi connectivity index (χ1v) is 12.9. The van der Waals surface area contributed by atoms with Crippen LogP contribution >= 0.6 is 11.3 Å². The van der Waals surface area contributed by atoms with Crippen molar-refractivity contribution < 1.29 is 18.3 Å². The normalized spacial score (nSPS) is 15.8. The molecule has 0 radical (unpaired) electrons. The van der Waals surface area contributed by atoms with Crippen molar-refractivity contribution in [1.82, 2.24) is 9.29 Å². The Morgan fingerprint density at radius 3 is 2.44 bits per heavy atom. The molecule has 0 aliphatic carbocycles. The summed E-state index contributed by atoms with van der Waals surface area (Å²) in [5.74, 6) is -1.11. The first kappa shape index (κ1) is 21.1. The van der Waals surface area contributed by atoms with E-state index in [0.29, 0.717) is 29.7 Å². The summed E-state index contributed by atoms with van der Waals surface area (Å²) in [6.07, 6.45) is 3.73. The third kappa shape index (κ3) is 3.79. The summed E-state index contributed by atoms with van der Waals surface area (Å²) in [4.78, 5) is 17.8. The number of benzene rings is 2. The predicted octanol–water partition coefficient (Wildman–Crippen LogP) is 5.38. The van der Waals surface area contributed by atoms with E-state index in [1.165, 1.54) is 22.5 Å². The smallest absolute Gasteiger partial charge is 0.336 e. The lowest BCUT2D eigenvalue weighted by atomic mass is 10.1. The van der Waals surface area contributed by atoms with Gasteiger partial charge < -0.3 is 5.11 Å². The van der Waals surface area contributed by atoms with Gasteiger partial charge in [-0.25, -0.2) is 18.2 Å². The van der Waals surface area contributed by atoms with Crippen molar-refractivity contribution >= 4 is 48.3 Å². The molecule has 2 aromatic carbocycles. The van der Waals surface area contributed by atoms with Gasteiger partial charge in [0.25, 0.3) is 0 Å². The molecule has 8 heteroatoms. The van der Waals surface area contributed by atoms with Gasteiger partial charge in [0.1, 0.15) is 0 Å². The van der Waals surface area contributed by atoms with E-state index in [0.717, 1.165) is 40.6 Å². The van der Waals surface area contributed by atoms with E-state index in [4.69, 9.17) is 0 Å². The Hall–Kier alpha value is -2.81. The van der Waals surface area contributed by atoms with Crippen LogP contribution in [0.1, 0.15) is 36.0 Å². The Balaban J connectivity index is 1.62. The molecule has 164 valence electrons. The zero-order valence-corrected chi connectivity index (χ0v) is 19.0. The third-order valence-electron chi connectivity index (χ3n) is 5.89. The number of hydrogen-bond donors (Lipinski definition) is 1. The highest BCUT2D eigenvalue weighted by atomic mass is 32.2. The van der Waals surface area contributed by atoms with Crippen molar-refractivity contribution in [3.8, 4) is 10.6 Å². The largest absolute Gasteiger partial charge is 0.478 e. The van der Waals surface area contributed by atoms with Gasteiger partial charge in [-0.05, 0) is 54.6 Å². The minimum absolute atomic E-state index is 0.0513. The predicted molar refractivity (Wildman–Crippen MR) is 127 cm³/mol. The molecular formula is C24H22N2O4S2. The van der Waals surface area contributed by atoms with Crippen molar-refractivity contribution in [3.63, 3.8) is 0 Å². The van der Waals surface area contributed by atoms with Crippen LogP contribution in [0.3, 0.4) is 0 Å². The minimum atomic E-state index is -3.68. The first-order chi connectivity index (χ1) is 15.4. The Labute approximate surface area is 190 Å². The maximum Gasteiger partial charge on any atom is 0.336 e. The fourth-order valence-corrected chi connectivity index (χ4v) is 6.77. The number of sulfonamides is 1. The molecule has 0 spiro atoms. The van der Waals surface area contributed by atoms with Crippen molar-refractivity contribution in [1.29, 1.82) is 0 Å². The standard InChI is InChI=1S/C24H22N2O4S2/c27-24(28)19-15-21(23-13-16-7-3-4-8-22(16)31-23)25-20-10-9-17(14-18(19)20)32(29,30)26-11-5-1-2-6-12-26/h3-4,7-10,13-15H,1-2,5-6,11-12H2,(H,27,28). The SMILES string of the molecule is O=C(O)c1cc(-c2cc3ccccc3s2)nc2ccc(S(=O)(=O)N3CCCCCC3)cc12. The van der Waals surface area contributed by atoms with Crippen LogP contribution in [-0.4, -0.2) is 41.9 Å². The first-order valence-electron chi connectivity index (χ1n) is 10.6. The lowest BCUT2D eigenvalue weighted by molar-refractivity contribution is 0.0699. The second kappa shape index (κ2) is 8.27. The van der Waals surface area contributed by atoms with Gasteiger partial charge in [-0.1, -0.05) is 31.0 Å². The van der Waals surface area contributed by atoms with E-state index in [2.05, 4.69) is 4.98 Å². The number of fused-ring (bicyclic) bond motifs is 2. The fraction of sp³-hybridized carbons (Fsp3) is 0.250. The highest BCUT2D eigenvalue weighted by Crippen LogP contribution is 2.35. The van der Waals surface area contributed by atoms with Crippen LogP contribution in [0.2, 0.25) is 0 Å². The van der Waals surface area contributed by atoms with Crippen LogP contribution in [0.5, 0.6) is 0 Å². The van der Waals surface area contributed by atoms with Gasteiger partial charge in [-0.2, -0.15) is 4.31 Å². The number of carbonyl (C=O) groups is 1. The maximum absolute atomic E-state index is 13.2. The van der Waals surface area contributed by atoms with Crippen molar-refractivity contribution in [2.45, 2.75) is 30.6 Å². The maximum atomic E-state index is 13.2. The highest BCUT2D eigenvalue weighted by molar-refractivity contribution is 7.89. The molecule has 5 rings (SSSR count). The number of aromatic carboxylic acids is 1. The van der Waals surface area contributed by atoms with E-state index in [1.807, 2.05) is 30.3 Å². The van der Waals surface area contributed by atoms with Crippen LogP contribution in [0, 0.1) is 0 Å². The Morgan fingerprint density at radius 1 is 0.969 bits per heavy atom. The van der Waals surface area contributed by atoms with Crippen LogP contribution in [0.15, 0.2) is 59.5 Å². The van der Waals surface area contributed by atoms with Crippen molar-refractivity contribution in [3.05, 3.63) is 60.2 Å². The monoisotopic (exact) mass is 466 g/mol. The molecule has 1 N–H and O–H groups in total. The summed E-state index contributed by atoms with van der Waals surface area (Å²) in [5.41, 5.74) is 1.08. The number of carboxylic acid groups (broad SMARTS) is 1. The molecule has 6 nitrogen and oxygen atoms in total. The molecule has 0 atom stereocenters. The lowest BCUT2D eigenvalue weighted by Gasteiger charge is -2.20. The molecule has 1 fully saturated rings. The third-order valence-corrected chi connectivity index (χ3v) is 8.92. The summed E-state index contributed by atoms with van der Waals surface area (Å²) in [7, 11) is -3.68. The molecule has 3 heterocycles. The zero-order chi connectivity index (χ0) is 22.3. The second-order valence-electron chi connectivity index (χ2n) is 8.01. The van der Waals surface area contributed by atoms with E-state index in [-0.39, 0.29) is 10.5 Å². The molecule has 2 aromatic heterocycles. The van der Waals surface area contributed by atoms with Gasteiger partial charge in [0.15, 0.2) is 0 Å². The number of nitrogens with zero attached hydrogens (tertiary/aromatic N) is 2. The lowest BCUT2D eigenvalue weighted by Crippen LogP contribution is -2.31. The molecule has 32 heavy (non-hydrogen) atoms. The summed E-state index contributed by atoms with van der Waals surface area (Å²) < 4.78 is 29.0. The topological polar surface area (TPSA) is 87.6 Å². The van der Waals surface area contributed by atoms with Crippen molar-refractivity contribution in [2.75, 3.05) is 13.1 Å². The second-order valence-corrected chi connectivity index (χ2v) is 11.0. The van der Waals surface area contributed by atoms with E-state index < -0.39 is 16.0 Å². The molecule has 1 aliphatic heterocycles. The van der Waals surface area contributed by atoms with Gasteiger partial charge in [0.05, 0.1) is 26.5 Å². The number of hydrogen-bond acceptors (Lipinski definition) is 5. The summed E-state index contributed by atoms with van der Waals surface area (Å²) in [5, 5.41) is 11.3. The summed E-state index contributed by atoms with van der Waals surface area (Å²) >= 11 is 1.55. The molecule has 0 bridgehead atoms.